The van der Waals surface area contributed by atoms with Crippen molar-refractivity contribution in [3.05, 3.63) is 157 Å². The van der Waals surface area contributed by atoms with Crippen molar-refractivity contribution < 1.29 is 18.1 Å². The molecule has 0 N–H and O–H groups in total. The van der Waals surface area contributed by atoms with Crippen LogP contribution in [0.15, 0.2) is 146 Å². The van der Waals surface area contributed by atoms with Gasteiger partial charge in [0.05, 0.1) is 10.6 Å². The van der Waals surface area contributed by atoms with Gasteiger partial charge in [-0.2, -0.15) is 0 Å². The Kier molecular flexibility index (Phi) is 7.12. The summed E-state index contributed by atoms with van der Waals surface area (Å²) in [5.74, 6) is 2.84. The lowest BCUT2D eigenvalue weighted by molar-refractivity contribution is 0.491. The van der Waals surface area contributed by atoms with Crippen LogP contribution in [-0.2, 0) is 30.0 Å². The Morgan fingerprint density at radius 1 is 0.422 bits per heavy atom. The SMILES string of the molecule is S=P1(Oc2ccccc2Cc2ccccc2OP2(=S)Oc3ccccc3-c3ccccc32)Oc2ccccc2-c2ccccc21. The van der Waals surface area contributed by atoms with E-state index in [1.807, 2.05) is 109 Å². The van der Waals surface area contributed by atoms with E-state index < -0.39 is 13.0 Å². The molecule has 0 saturated carbocycles. The molecule has 0 spiro atoms. The molecule has 6 aromatic rings. The van der Waals surface area contributed by atoms with Gasteiger partial charge in [0.1, 0.15) is 23.0 Å². The lowest BCUT2D eigenvalue weighted by atomic mass is 10.0. The maximum absolute atomic E-state index is 6.75. The van der Waals surface area contributed by atoms with E-state index in [1.165, 1.54) is 0 Å². The van der Waals surface area contributed by atoms with Gasteiger partial charge in [-0.05, 0) is 71.1 Å². The topological polar surface area (TPSA) is 36.9 Å². The number of hydrogen-bond donors (Lipinski definition) is 0. The number of hydrogen-bond acceptors (Lipinski definition) is 6. The van der Waals surface area contributed by atoms with E-state index in [2.05, 4.69) is 36.4 Å². The molecule has 2 atom stereocenters. The normalized spacial score (nSPS) is 19.0. The third-order valence-electron chi connectivity index (χ3n) is 7.95. The highest BCUT2D eigenvalue weighted by molar-refractivity contribution is 8.14. The number of benzene rings is 6. The Bertz CT molecular complexity index is 2040. The highest BCUT2D eigenvalue weighted by Gasteiger charge is 2.36. The minimum absolute atomic E-state index is 0.535. The van der Waals surface area contributed by atoms with Gasteiger partial charge in [-0.25, -0.2) is 0 Å². The van der Waals surface area contributed by atoms with Gasteiger partial charge in [0.15, 0.2) is 0 Å². The van der Waals surface area contributed by atoms with Gasteiger partial charge in [-0.3, -0.25) is 0 Å². The molecule has 8 rings (SSSR count). The summed E-state index contributed by atoms with van der Waals surface area (Å²) < 4.78 is 26.5. The molecule has 0 radical (unpaired) electrons. The average Bonchev–Trinajstić information content (AvgIpc) is 3.07. The van der Waals surface area contributed by atoms with Crippen LogP contribution >= 0.6 is 13.0 Å². The quantitative estimate of drug-likeness (QED) is 0.166. The first kappa shape index (κ1) is 28.3. The largest absolute Gasteiger partial charge is 0.432 e. The van der Waals surface area contributed by atoms with Crippen LogP contribution in [0.2, 0.25) is 0 Å². The highest BCUT2D eigenvalue weighted by Crippen LogP contribution is 2.57. The molecule has 0 amide bonds. The zero-order chi connectivity index (χ0) is 30.4. The van der Waals surface area contributed by atoms with Crippen LogP contribution in [0, 0.1) is 0 Å². The van der Waals surface area contributed by atoms with Crippen molar-refractivity contribution in [1.82, 2.24) is 0 Å². The minimum Gasteiger partial charge on any atom is -0.432 e. The number of fused-ring (bicyclic) bond motifs is 6. The molecule has 4 nitrogen and oxygen atoms in total. The van der Waals surface area contributed by atoms with E-state index in [9.17, 15) is 0 Å². The van der Waals surface area contributed by atoms with Crippen LogP contribution in [0.3, 0.4) is 0 Å². The predicted octanol–water partition coefficient (Wildman–Crippen LogP) is 9.42. The molecule has 2 unspecified atom stereocenters. The number of rotatable bonds is 6. The molecule has 2 heterocycles. The zero-order valence-corrected chi connectivity index (χ0v) is 27.3. The molecular weight excluding hydrogens is 634 g/mol. The molecule has 45 heavy (non-hydrogen) atoms. The van der Waals surface area contributed by atoms with Crippen molar-refractivity contribution in [3.63, 3.8) is 0 Å². The summed E-state index contributed by atoms with van der Waals surface area (Å²) in [5.41, 5.74) is 6.06. The lowest BCUT2D eigenvalue weighted by Crippen LogP contribution is -2.21. The predicted molar refractivity (Wildman–Crippen MR) is 190 cm³/mol. The maximum Gasteiger partial charge on any atom is 0.320 e. The van der Waals surface area contributed by atoms with E-state index in [4.69, 9.17) is 41.7 Å². The Morgan fingerprint density at radius 2 is 0.778 bits per heavy atom. The fourth-order valence-electron chi connectivity index (χ4n) is 5.85. The van der Waals surface area contributed by atoms with Crippen molar-refractivity contribution in [2.45, 2.75) is 6.42 Å². The summed E-state index contributed by atoms with van der Waals surface area (Å²) in [7, 11) is 0. The summed E-state index contributed by atoms with van der Waals surface area (Å²) in [4.78, 5) is 0. The van der Waals surface area contributed by atoms with Crippen LogP contribution in [0.1, 0.15) is 11.1 Å². The third-order valence-corrected chi connectivity index (χ3v) is 13.7. The highest BCUT2D eigenvalue weighted by atomic mass is 32.5. The van der Waals surface area contributed by atoms with E-state index in [0.29, 0.717) is 17.9 Å². The second kappa shape index (κ2) is 11.3. The summed E-state index contributed by atoms with van der Waals surface area (Å²) >= 11 is 12.4. The molecule has 0 saturated heterocycles. The first-order valence-corrected chi connectivity index (χ1v) is 19.8. The summed E-state index contributed by atoms with van der Waals surface area (Å²) in [5, 5.41) is 1.81. The van der Waals surface area contributed by atoms with E-state index >= 15 is 0 Å². The van der Waals surface area contributed by atoms with Gasteiger partial charge in [-0.15, -0.1) is 0 Å². The Morgan fingerprint density at radius 3 is 1.24 bits per heavy atom. The van der Waals surface area contributed by atoms with Crippen LogP contribution in [0.5, 0.6) is 23.0 Å². The molecule has 2 aliphatic heterocycles. The van der Waals surface area contributed by atoms with Crippen LogP contribution in [0.4, 0.5) is 0 Å². The minimum atomic E-state index is -2.94. The maximum atomic E-state index is 6.75. The lowest BCUT2D eigenvalue weighted by Gasteiger charge is -2.32. The molecule has 6 aromatic carbocycles. The monoisotopic (exact) mass is 660 g/mol. The van der Waals surface area contributed by atoms with Crippen molar-refractivity contribution in [2.24, 2.45) is 0 Å². The Hall–Kier alpha value is -4.18. The van der Waals surface area contributed by atoms with Crippen LogP contribution < -0.4 is 28.7 Å². The van der Waals surface area contributed by atoms with Crippen molar-refractivity contribution in [3.8, 4) is 45.3 Å². The zero-order valence-electron chi connectivity index (χ0n) is 23.9. The van der Waals surface area contributed by atoms with Gasteiger partial charge in [0.2, 0.25) is 0 Å². The Balaban J connectivity index is 1.13. The second-order valence-corrected chi connectivity index (χ2v) is 17.3. The molecule has 0 aliphatic carbocycles. The van der Waals surface area contributed by atoms with Crippen molar-refractivity contribution >= 4 is 47.2 Å². The van der Waals surface area contributed by atoms with Gasteiger partial charge < -0.3 is 18.1 Å². The Labute approximate surface area is 272 Å². The van der Waals surface area contributed by atoms with E-state index in [-0.39, 0.29) is 0 Å². The summed E-state index contributed by atoms with van der Waals surface area (Å²) in [6.07, 6.45) is 0.535. The summed E-state index contributed by atoms with van der Waals surface area (Å²) in [6.45, 7) is -5.88. The molecule has 0 aromatic heterocycles. The van der Waals surface area contributed by atoms with Crippen LogP contribution in [-0.4, -0.2) is 0 Å². The van der Waals surface area contributed by atoms with Gasteiger partial charge in [-0.1, -0.05) is 109 Å². The van der Waals surface area contributed by atoms with Gasteiger partial charge >= 0.3 is 13.0 Å². The first-order chi connectivity index (χ1) is 22.0. The molecule has 0 fully saturated rings. The van der Waals surface area contributed by atoms with E-state index in [1.54, 1.807) is 0 Å². The molecule has 0 bridgehead atoms. The van der Waals surface area contributed by atoms with Crippen LogP contribution in [0.25, 0.3) is 22.3 Å². The first-order valence-electron chi connectivity index (χ1n) is 14.5. The molecule has 2 aliphatic rings. The smallest absolute Gasteiger partial charge is 0.320 e. The fraction of sp³-hybridized carbons (Fsp3) is 0.0270. The average molecular weight is 661 g/mol. The second-order valence-electron chi connectivity index (χ2n) is 10.8. The standard InChI is InChI=1S/C37H26O4P2S2/c44-42(36-23-11-5-17-30(36)28-15-3-9-21-34(28)40-42)38-32-19-7-1-13-26(32)25-27-14-2-8-20-33(27)39-43(45)37-24-12-6-18-31(37)29-16-4-10-22-35(29)41-43/h1-24H,25H2. The van der Waals surface area contributed by atoms with Gasteiger partial charge in [0, 0.05) is 28.7 Å². The molecule has 8 heteroatoms. The summed E-state index contributed by atoms with van der Waals surface area (Å²) in [6, 6.07) is 48.1. The molecular formula is C37H26O4P2S2. The number of para-hydroxylation sites is 4. The van der Waals surface area contributed by atoms with Crippen molar-refractivity contribution in [2.75, 3.05) is 0 Å². The third kappa shape index (κ3) is 5.09. The van der Waals surface area contributed by atoms with Gasteiger partial charge in [0.25, 0.3) is 0 Å². The van der Waals surface area contributed by atoms with E-state index in [0.717, 1.165) is 55.5 Å². The molecule has 220 valence electrons. The fourth-order valence-corrected chi connectivity index (χ4v) is 11.5. The van der Waals surface area contributed by atoms with Crippen molar-refractivity contribution in [1.29, 1.82) is 0 Å².